The van der Waals surface area contributed by atoms with Gasteiger partial charge >= 0.3 is 26.4 Å². The molecule has 74 valence electrons. The van der Waals surface area contributed by atoms with E-state index in [0.717, 1.165) is 0 Å². The molecule has 1 atom stereocenters. The summed E-state index contributed by atoms with van der Waals surface area (Å²) in [5, 5.41) is 21.8. The maximum Gasteiger partial charge on any atom is 0.367 e. The molecular formula is C3H4O8P2. The highest BCUT2D eigenvalue weighted by Crippen LogP contribution is 2.43. The first-order chi connectivity index (χ1) is 5.74. The maximum atomic E-state index is 10.2. The zero-order valence-electron chi connectivity index (χ0n) is 5.85. The summed E-state index contributed by atoms with van der Waals surface area (Å²) in [7, 11) is -8.06. The van der Waals surface area contributed by atoms with Crippen LogP contribution in [0.5, 0.6) is 0 Å². The van der Waals surface area contributed by atoms with Crippen LogP contribution in [0, 0.1) is 0 Å². The van der Waals surface area contributed by atoms with Gasteiger partial charge in [0.15, 0.2) is 0 Å². The lowest BCUT2D eigenvalue weighted by Crippen LogP contribution is -2.39. The molecule has 0 bridgehead atoms. The molecule has 0 fully saturated rings. The molecule has 3 N–H and O–H groups in total. The van der Waals surface area contributed by atoms with Crippen molar-refractivity contribution in [2.45, 2.75) is 11.2 Å². The van der Waals surface area contributed by atoms with E-state index in [1.165, 1.54) is 0 Å². The molecule has 0 heterocycles. The van der Waals surface area contributed by atoms with Crippen molar-refractivity contribution in [2.24, 2.45) is 0 Å². The second-order valence-electron chi connectivity index (χ2n) is 1.94. The van der Waals surface area contributed by atoms with Gasteiger partial charge in [-0.1, -0.05) is 0 Å². The second-order valence-corrected chi connectivity index (χ2v) is 4.69. The highest BCUT2D eigenvalue weighted by Gasteiger charge is 2.52. The van der Waals surface area contributed by atoms with E-state index in [1.54, 1.807) is 0 Å². The lowest BCUT2D eigenvalue weighted by Gasteiger charge is -2.13. The molecule has 13 heavy (non-hydrogen) atoms. The van der Waals surface area contributed by atoms with Gasteiger partial charge in [-0.2, -0.15) is 0 Å². The van der Waals surface area contributed by atoms with Crippen LogP contribution in [0.4, 0.5) is 0 Å². The number of hydrogen-bond donors (Lipinski definition) is 3. The van der Waals surface area contributed by atoms with Crippen LogP contribution in [0.15, 0.2) is 0 Å². The number of rotatable bonds is 4. The molecule has 0 aliphatic rings. The number of aliphatic carboxylic acids is 1. The fourth-order valence-electron chi connectivity index (χ4n) is 0.432. The number of aliphatic hydroxyl groups is 2. The number of carboxylic acid groups (broad SMARTS) is 1. The highest BCUT2D eigenvalue weighted by atomic mass is 31.1. The van der Waals surface area contributed by atoms with Gasteiger partial charge < -0.3 is 15.3 Å². The lowest BCUT2D eigenvalue weighted by atomic mass is 10.4. The largest absolute Gasteiger partial charge is 0.479 e. The summed E-state index contributed by atoms with van der Waals surface area (Å²) in [6, 6.07) is 0. The SMILES string of the molecule is O=C(O)C(O)C(O)(P(=O)=O)P(=O)=O. The molecule has 0 aromatic rings. The van der Waals surface area contributed by atoms with E-state index < -0.39 is 32.5 Å². The Labute approximate surface area is 71.8 Å². The van der Waals surface area contributed by atoms with Crippen molar-refractivity contribution in [3.8, 4) is 0 Å². The molecule has 0 aliphatic heterocycles. The summed E-state index contributed by atoms with van der Waals surface area (Å²) in [5.74, 6) is -2.15. The summed E-state index contributed by atoms with van der Waals surface area (Å²) in [5.41, 5.74) is 0. The van der Waals surface area contributed by atoms with Crippen molar-refractivity contribution >= 4 is 21.3 Å². The van der Waals surface area contributed by atoms with Gasteiger partial charge in [-0.15, -0.1) is 0 Å². The zero-order valence-corrected chi connectivity index (χ0v) is 7.64. The molecule has 0 amide bonds. The molecule has 0 saturated carbocycles. The normalized spacial score (nSPS) is 13.4. The van der Waals surface area contributed by atoms with Gasteiger partial charge in [0.05, 0.1) is 0 Å². The molecule has 8 nitrogen and oxygen atoms in total. The molecule has 0 spiro atoms. The van der Waals surface area contributed by atoms with Crippen LogP contribution >= 0.6 is 15.4 Å². The monoisotopic (exact) mass is 230 g/mol. The molecule has 0 aromatic heterocycles. The Balaban J connectivity index is 5.39. The Morgan fingerprint density at radius 2 is 1.46 bits per heavy atom. The molecule has 10 heteroatoms. The summed E-state index contributed by atoms with van der Waals surface area (Å²) < 4.78 is 40.8. The summed E-state index contributed by atoms with van der Waals surface area (Å²) in [6.45, 7) is 0. The molecule has 0 rings (SSSR count). The van der Waals surface area contributed by atoms with Crippen LogP contribution in [-0.2, 0) is 23.1 Å². The van der Waals surface area contributed by atoms with Gasteiger partial charge in [0.25, 0.3) is 0 Å². The van der Waals surface area contributed by atoms with Crippen LogP contribution in [0.3, 0.4) is 0 Å². The smallest absolute Gasteiger partial charge is 0.367 e. The van der Waals surface area contributed by atoms with Gasteiger partial charge in [-0.3, -0.25) is 0 Å². The standard InChI is InChI=1S/C3H4O8P2/c4-1(2(5)6)3(7,12(8)9)13(10)11/h1,4,7H,(H,5,6). The lowest BCUT2D eigenvalue weighted by molar-refractivity contribution is -0.151. The van der Waals surface area contributed by atoms with E-state index in [0.29, 0.717) is 0 Å². The predicted octanol–water partition coefficient (Wildman–Crippen LogP) is -0.576. The first-order valence-corrected chi connectivity index (χ1v) is 5.02. The Hall–Kier alpha value is -0.810. The van der Waals surface area contributed by atoms with Gasteiger partial charge in [0, 0.05) is 0 Å². The first kappa shape index (κ1) is 12.2. The minimum absolute atomic E-state index is 2.15. The topological polar surface area (TPSA) is 146 Å². The third-order valence-electron chi connectivity index (χ3n) is 1.14. The third kappa shape index (κ3) is 2.10. The van der Waals surface area contributed by atoms with Crippen LogP contribution in [0.2, 0.25) is 0 Å². The summed E-state index contributed by atoms with van der Waals surface area (Å²) in [6.07, 6.45) is -2.92. The van der Waals surface area contributed by atoms with Crippen LogP contribution in [0.25, 0.3) is 0 Å². The molecule has 0 aliphatic carbocycles. The van der Waals surface area contributed by atoms with Crippen LogP contribution < -0.4 is 0 Å². The van der Waals surface area contributed by atoms with Gasteiger partial charge in [-0.05, 0) is 0 Å². The van der Waals surface area contributed by atoms with E-state index in [1.807, 2.05) is 0 Å². The fourth-order valence-corrected chi connectivity index (χ4v) is 1.59. The van der Waals surface area contributed by atoms with E-state index in [-0.39, 0.29) is 0 Å². The molecule has 0 radical (unpaired) electrons. The number of aliphatic hydroxyl groups excluding tert-OH is 1. The second kappa shape index (κ2) is 3.93. The van der Waals surface area contributed by atoms with Crippen molar-refractivity contribution in [1.29, 1.82) is 0 Å². The molecule has 0 saturated heterocycles. The number of hydrogen-bond acceptors (Lipinski definition) is 7. The van der Waals surface area contributed by atoms with E-state index in [9.17, 15) is 23.1 Å². The first-order valence-electron chi connectivity index (χ1n) is 2.66. The zero-order chi connectivity index (χ0) is 10.8. The molecule has 1 unspecified atom stereocenters. The van der Waals surface area contributed by atoms with Crippen LogP contribution in [0.1, 0.15) is 0 Å². The Morgan fingerprint density at radius 1 is 1.15 bits per heavy atom. The summed E-state index contributed by atoms with van der Waals surface area (Å²) >= 11 is 0. The van der Waals surface area contributed by atoms with Crippen molar-refractivity contribution in [1.82, 2.24) is 0 Å². The average Bonchev–Trinajstić information content (AvgIpc) is 2.00. The third-order valence-corrected chi connectivity index (χ3v) is 3.68. The number of carboxylic acids is 1. The van der Waals surface area contributed by atoms with Gasteiger partial charge in [-0.25, -0.2) is 23.1 Å². The van der Waals surface area contributed by atoms with Crippen molar-refractivity contribution in [3.05, 3.63) is 0 Å². The predicted molar refractivity (Wildman–Crippen MR) is 35.2 cm³/mol. The Kier molecular flexibility index (Phi) is 3.69. The molecular weight excluding hydrogens is 226 g/mol. The molecule has 0 aromatic carbocycles. The van der Waals surface area contributed by atoms with Crippen LogP contribution in [-0.4, -0.2) is 32.5 Å². The van der Waals surface area contributed by atoms with Crippen molar-refractivity contribution in [2.75, 3.05) is 0 Å². The summed E-state index contributed by atoms with van der Waals surface area (Å²) in [4.78, 5) is 10.0. The van der Waals surface area contributed by atoms with E-state index >= 15 is 0 Å². The van der Waals surface area contributed by atoms with Crippen molar-refractivity contribution < 1.29 is 38.4 Å². The number of carbonyl (C=O) groups is 1. The fraction of sp³-hybridized carbons (Fsp3) is 0.667. The van der Waals surface area contributed by atoms with E-state index in [2.05, 4.69) is 0 Å². The minimum Gasteiger partial charge on any atom is -0.479 e. The van der Waals surface area contributed by atoms with Gasteiger partial charge in [0.2, 0.25) is 6.10 Å². The minimum atomic E-state index is -4.03. The maximum absolute atomic E-state index is 10.2. The van der Waals surface area contributed by atoms with E-state index in [4.69, 9.17) is 15.3 Å². The quantitative estimate of drug-likeness (QED) is 0.543. The Bertz CT molecular complexity index is 312. The van der Waals surface area contributed by atoms with Gasteiger partial charge in [0.1, 0.15) is 0 Å². The average molecular weight is 230 g/mol. The highest BCUT2D eigenvalue weighted by molar-refractivity contribution is 7.52. The Morgan fingerprint density at radius 3 is 1.54 bits per heavy atom. The van der Waals surface area contributed by atoms with Crippen molar-refractivity contribution in [3.63, 3.8) is 0 Å².